The Labute approximate surface area is 148 Å². The summed E-state index contributed by atoms with van der Waals surface area (Å²) in [5.74, 6) is 0. The van der Waals surface area contributed by atoms with Crippen molar-refractivity contribution in [2.75, 3.05) is 25.4 Å². The van der Waals surface area contributed by atoms with Crippen molar-refractivity contribution in [3.8, 4) is 0 Å². The molecule has 0 radical (unpaired) electrons. The van der Waals surface area contributed by atoms with Crippen molar-refractivity contribution in [1.82, 2.24) is 5.32 Å². The van der Waals surface area contributed by atoms with E-state index in [0.717, 1.165) is 24.8 Å². The number of benzene rings is 1. The molecule has 0 fully saturated rings. The minimum Gasteiger partial charge on any atom is -0.316 e. The highest BCUT2D eigenvalue weighted by Gasteiger charge is 2.38. The molecule has 0 spiro atoms. The van der Waals surface area contributed by atoms with Crippen molar-refractivity contribution < 1.29 is 26.3 Å². The fraction of sp³-hybridized carbons (Fsp3) is 0.625. The van der Waals surface area contributed by atoms with Crippen molar-refractivity contribution >= 4 is 17.8 Å². The lowest BCUT2D eigenvalue weighted by Crippen LogP contribution is -2.23. The number of hydrogen-bond donors (Lipinski definition) is 1. The van der Waals surface area contributed by atoms with E-state index in [1.165, 1.54) is 0 Å². The number of nitrogens with one attached hydrogen (secondary N) is 1. The number of hydrogen-bond acceptors (Lipinski definition) is 1. The van der Waals surface area contributed by atoms with E-state index in [-0.39, 0.29) is 20.2 Å². The Morgan fingerprint density at radius 3 is 1.80 bits per heavy atom. The molecule has 0 bridgehead atoms. The topological polar surface area (TPSA) is 12.0 Å². The molecule has 3 unspecified atom stereocenters. The lowest BCUT2D eigenvalue weighted by molar-refractivity contribution is -0.143. The summed E-state index contributed by atoms with van der Waals surface area (Å²) in [6.07, 6.45) is -7.57. The predicted octanol–water partition coefficient (Wildman–Crippen LogP) is 5.49. The van der Waals surface area contributed by atoms with E-state index in [0.29, 0.717) is 19.1 Å². The van der Waals surface area contributed by atoms with Crippen LogP contribution in [0.5, 0.6) is 0 Å². The molecule has 0 saturated heterocycles. The van der Waals surface area contributed by atoms with E-state index in [4.69, 9.17) is 0 Å². The Balaban J connectivity index is 3.17. The molecule has 0 aliphatic carbocycles. The van der Waals surface area contributed by atoms with E-state index in [9.17, 15) is 26.3 Å². The summed E-state index contributed by atoms with van der Waals surface area (Å²) in [6, 6.07) is 1.91. The first kappa shape index (κ1) is 22.7. The monoisotopic (exact) mass is 405 g/mol. The van der Waals surface area contributed by atoms with Crippen molar-refractivity contribution in [2.24, 2.45) is 0 Å². The fourth-order valence-corrected chi connectivity index (χ4v) is 4.01. The van der Waals surface area contributed by atoms with Crippen LogP contribution in [-0.2, 0) is 17.5 Å². The standard InChI is InChI=1S/C16H23F6NP2/c1-3-14(2,25-7-5-23-4-6-24)11-8-12(15(17,18)19)10-13(9-11)16(20,21)22/h8-10,23,25H,3-7,24H2,1-2H3. The minimum atomic E-state index is -4.81. The lowest BCUT2D eigenvalue weighted by Gasteiger charge is -2.30. The summed E-state index contributed by atoms with van der Waals surface area (Å²) in [5.41, 5.74) is -2.40. The van der Waals surface area contributed by atoms with E-state index < -0.39 is 28.6 Å². The van der Waals surface area contributed by atoms with Gasteiger partial charge in [-0.1, -0.05) is 13.8 Å². The van der Waals surface area contributed by atoms with Crippen LogP contribution >= 0.6 is 17.8 Å². The second kappa shape index (κ2) is 9.01. The van der Waals surface area contributed by atoms with Gasteiger partial charge in [0.1, 0.15) is 0 Å². The van der Waals surface area contributed by atoms with Gasteiger partial charge < -0.3 is 5.32 Å². The third-order valence-corrected chi connectivity index (χ3v) is 6.28. The van der Waals surface area contributed by atoms with Crippen LogP contribution in [0.2, 0.25) is 0 Å². The van der Waals surface area contributed by atoms with Crippen LogP contribution in [0.4, 0.5) is 26.3 Å². The molecule has 1 rings (SSSR count). The van der Waals surface area contributed by atoms with Crippen molar-refractivity contribution in [2.45, 2.75) is 37.8 Å². The molecule has 0 amide bonds. The molecule has 1 aromatic carbocycles. The number of alkyl halides is 6. The van der Waals surface area contributed by atoms with Gasteiger partial charge in [0.15, 0.2) is 0 Å². The van der Waals surface area contributed by atoms with E-state index >= 15 is 0 Å². The third kappa shape index (κ3) is 6.69. The first-order valence-corrected chi connectivity index (χ1v) is 9.92. The average Bonchev–Trinajstić information content (AvgIpc) is 2.52. The van der Waals surface area contributed by atoms with E-state index in [1.807, 2.05) is 0 Å². The zero-order chi connectivity index (χ0) is 19.3. The molecule has 0 heterocycles. The Morgan fingerprint density at radius 2 is 1.40 bits per heavy atom. The van der Waals surface area contributed by atoms with E-state index in [1.54, 1.807) is 13.8 Å². The molecule has 3 atom stereocenters. The molecule has 1 N–H and O–H groups in total. The quantitative estimate of drug-likeness (QED) is 0.343. The van der Waals surface area contributed by atoms with Gasteiger partial charge in [0.2, 0.25) is 0 Å². The molecule has 9 heteroatoms. The van der Waals surface area contributed by atoms with Crippen LogP contribution in [-0.4, -0.2) is 25.4 Å². The highest BCUT2D eigenvalue weighted by molar-refractivity contribution is 7.39. The van der Waals surface area contributed by atoms with Gasteiger partial charge in [-0.15, -0.1) is 17.8 Å². The van der Waals surface area contributed by atoms with Gasteiger partial charge in [0.05, 0.1) is 11.1 Å². The zero-order valence-electron chi connectivity index (χ0n) is 14.1. The smallest absolute Gasteiger partial charge is 0.316 e. The van der Waals surface area contributed by atoms with Gasteiger partial charge in [-0.05, 0) is 55.6 Å². The Bertz CT molecular complexity index is 526. The Morgan fingerprint density at radius 1 is 0.920 bits per heavy atom. The molecule has 0 aliphatic rings. The zero-order valence-corrected chi connectivity index (χ0v) is 16.3. The largest absolute Gasteiger partial charge is 0.416 e. The maximum absolute atomic E-state index is 13.0. The molecule has 0 aliphatic heterocycles. The maximum Gasteiger partial charge on any atom is 0.416 e. The van der Waals surface area contributed by atoms with Crippen LogP contribution in [0.15, 0.2) is 18.2 Å². The Kier molecular flexibility index (Phi) is 8.17. The summed E-state index contributed by atoms with van der Waals surface area (Å²) in [5, 5.41) is 2.46. The minimum absolute atomic E-state index is 0.0986. The van der Waals surface area contributed by atoms with Gasteiger partial charge in [-0.25, -0.2) is 0 Å². The van der Waals surface area contributed by atoms with Gasteiger partial charge in [0, 0.05) is 5.16 Å². The molecule has 1 aromatic rings. The summed E-state index contributed by atoms with van der Waals surface area (Å²) in [7, 11) is 2.80. The summed E-state index contributed by atoms with van der Waals surface area (Å²) in [4.78, 5) is 0. The summed E-state index contributed by atoms with van der Waals surface area (Å²) < 4.78 is 78.3. The van der Waals surface area contributed by atoms with Crippen molar-refractivity contribution in [1.29, 1.82) is 0 Å². The van der Waals surface area contributed by atoms with Crippen LogP contribution in [0, 0.1) is 0 Å². The molecule has 1 nitrogen and oxygen atoms in total. The molecule has 144 valence electrons. The number of halogens is 6. The first-order chi connectivity index (χ1) is 11.4. The second-order valence-electron chi connectivity index (χ2n) is 5.95. The van der Waals surface area contributed by atoms with Crippen LogP contribution < -0.4 is 5.32 Å². The second-order valence-corrected chi connectivity index (χ2v) is 8.48. The van der Waals surface area contributed by atoms with E-state index in [2.05, 4.69) is 14.6 Å². The number of rotatable bonds is 8. The Hall–Kier alpha value is -0.380. The van der Waals surface area contributed by atoms with Gasteiger partial charge in [-0.2, -0.15) is 26.3 Å². The molecular weight excluding hydrogens is 382 g/mol. The van der Waals surface area contributed by atoms with Gasteiger partial charge in [-0.3, -0.25) is 0 Å². The SMILES string of the molecule is CCC(C)(PCCNCCP)c1cc(C(F)(F)F)cc(C(F)(F)F)c1. The third-order valence-electron chi connectivity index (χ3n) is 4.07. The van der Waals surface area contributed by atoms with Gasteiger partial charge >= 0.3 is 12.4 Å². The lowest BCUT2D eigenvalue weighted by atomic mass is 9.93. The van der Waals surface area contributed by atoms with Gasteiger partial charge in [0.25, 0.3) is 0 Å². The van der Waals surface area contributed by atoms with Crippen LogP contribution in [0.1, 0.15) is 37.0 Å². The fourth-order valence-electron chi connectivity index (χ4n) is 2.36. The summed E-state index contributed by atoms with van der Waals surface area (Å²) >= 11 is 0. The normalized spacial score (nSPS) is 15.7. The molecule has 25 heavy (non-hydrogen) atoms. The van der Waals surface area contributed by atoms with Crippen LogP contribution in [0.25, 0.3) is 0 Å². The van der Waals surface area contributed by atoms with Crippen molar-refractivity contribution in [3.63, 3.8) is 0 Å². The maximum atomic E-state index is 13.0. The summed E-state index contributed by atoms with van der Waals surface area (Å²) in [6.45, 7) is 5.01. The van der Waals surface area contributed by atoms with Crippen LogP contribution in [0.3, 0.4) is 0 Å². The van der Waals surface area contributed by atoms with Crippen molar-refractivity contribution in [3.05, 3.63) is 34.9 Å². The highest BCUT2D eigenvalue weighted by atomic mass is 31.1. The predicted molar refractivity (Wildman–Crippen MR) is 94.7 cm³/mol. The first-order valence-electron chi connectivity index (χ1n) is 7.90. The molecule has 0 saturated carbocycles. The molecular formula is C16H23F6NP2. The molecule has 0 aromatic heterocycles. The average molecular weight is 405 g/mol. The highest BCUT2D eigenvalue weighted by Crippen LogP contribution is 2.47.